The minimum absolute atomic E-state index is 0.361. The van der Waals surface area contributed by atoms with Crippen LogP contribution in [0.1, 0.15) is 51.3 Å². The van der Waals surface area contributed by atoms with E-state index in [9.17, 15) is 0 Å². The van der Waals surface area contributed by atoms with E-state index in [1.807, 2.05) is 12.3 Å². The van der Waals surface area contributed by atoms with Gasteiger partial charge in [-0.2, -0.15) is 0 Å². The zero-order valence-electron chi connectivity index (χ0n) is 10.5. The first-order valence-electron chi connectivity index (χ1n) is 6.46. The molecular formula is C14H19N3. The fraction of sp³-hybridized carbons (Fsp3) is 0.571. The van der Waals surface area contributed by atoms with E-state index in [2.05, 4.69) is 23.8 Å². The summed E-state index contributed by atoms with van der Waals surface area (Å²) in [5, 5.41) is 0. The maximum atomic E-state index is 4.74. The summed E-state index contributed by atoms with van der Waals surface area (Å²) in [6.07, 6.45) is 8.89. The molecule has 3 nitrogen and oxygen atoms in total. The van der Waals surface area contributed by atoms with E-state index < -0.39 is 0 Å². The molecule has 1 unspecified atom stereocenters. The van der Waals surface area contributed by atoms with Crippen LogP contribution in [0.4, 0.5) is 0 Å². The number of pyridine rings is 1. The van der Waals surface area contributed by atoms with Crippen molar-refractivity contribution in [3.05, 3.63) is 24.3 Å². The van der Waals surface area contributed by atoms with Crippen molar-refractivity contribution in [2.45, 2.75) is 45.4 Å². The summed E-state index contributed by atoms with van der Waals surface area (Å²) in [6.45, 7) is 4.73. The first kappa shape index (κ1) is 10.8. The van der Waals surface area contributed by atoms with Crippen LogP contribution in [-0.4, -0.2) is 15.0 Å². The summed E-state index contributed by atoms with van der Waals surface area (Å²) in [5.74, 6) is 1.71. The van der Waals surface area contributed by atoms with E-state index in [4.69, 9.17) is 4.98 Å². The smallest absolute Gasteiger partial charge is 0.110 e. The van der Waals surface area contributed by atoms with Gasteiger partial charge in [0.1, 0.15) is 5.82 Å². The van der Waals surface area contributed by atoms with Crippen molar-refractivity contribution in [1.29, 1.82) is 0 Å². The molecule has 2 aromatic rings. The molecule has 1 N–H and O–H groups in total. The van der Waals surface area contributed by atoms with Crippen LogP contribution in [0, 0.1) is 5.41 Å². The predicted molar refractivity (Wildman–Crippen MR) is 68.9 cm³/mol. The molecule has 17 heavy (non-hydrogen) atoms. The number of aromatic amines is 1. The molecule has 3 rings (SSSR count). The Bertz CT molecular complexity index is 494. The van der Waals surface area contributed by atoms with Gasteiger partial charge < -0.3 is 4.98 Å². The van der Waals surface area contributed by atoms with E-state index >= 15 is 0 Å². The highest BCUT2D eigenvalue weighted by Gasteiger charge is 2.35. The number of aromatic nitrogens is 3. The Morgan fingerprint density at radius 1 is 1.35 bits per heavy atom. The fourth-order valence-electron chi connectivity index (χ4n) is 3.04. The van der Waals surface area contributed by atoms with Crippen molar-refractivity contribution in [2.24, 2.45) is 5.41 Å². The molecule has 0 aliphatic heterocycles. The van der Waals surface area contributed by atoms with Crippen molar-refractivity contribution >= 4 is 11.0 Å². The number of rotatable bonds is 1. The molecule has 1 aliphatic carbocycles. The number of hydrogen-bond acceptors (Lipinski definition) is 2. The molecule has 1 atom stereocenters. The third-order valence-corrected chi connectivity index (χ3v) is 4.14. The second-order valence-corrected chi connectivity index (χ2v) is 5.80. The van der Waals surface area contributed by atoms with Crippen molar-refractivity contribution in [1.82, 2.24) is 15.0 Å². The van der Waals surface area contributed by atoms with Crippen LogP contribution in [0.3, 0.4) is 0 Å². The van der Waals surface area contributed by atoms with E-state index in [0.29, 0.717) is 11.3 Å². The summed E-state index contributed by atoms with van der Waals surface area (Å²) in [7, 11) is 0. The minimum atomic E-state index is 0.361. The van der Waals surface area contributed by atoms with Gasteiger partial charge in [0.05, 0.1) is 17.2 Å². The highest BCUT2D eigenvalue weighted by Crippen LogP contribution is 2.45. The van der Waals surface area contributed by atoms with Crippen molar-refractivity contribution in [3.63, 3.8) is 0 Å². The van der Waals surface area contributed by atoms with Gasteiger partial charge in [0.25, 0.3) is 0 Å². The Morgan fingerprint density at radius 2 is 2.24 bits per heavy atom. The molecule has 90 valence electrons. The van der Waals surface area contributed by atoms with Crippen LogP contribution in [0.15, 0.2) is 18.5 Å². The number of hydrogen-bond donors (Lipinski definition) is 1. The van der Waals surface area contributed by atoms with Gasteiger partial charge >= 0.3 is 0 Å². The third kappa shape index (κ3) is 1.84. The molecule has 1 fully saturated rings. The molecule has 0 radical (unpaired) electrons. The average molecular weight is 229 g/mol. The highest BCUT2D eigenvalue weighted by molar-refractivity contribution is 5.73. The van der Waals surface area contributed by atoms with Crippen LogP contribution in [0.5, 0.6) is 0 Å². The Balaban J connectivity index is 2.02. The van der Waals surface area contributed by atoms with Gasteiger partial charge in [-0.1, -0.05) is 26.7 Å². The third-order valence-electron chi connectivity index (χ3n) is 4.14. The van der Waals surface area contributed by atoms with Crippen LogP contribution in [-0.2, 0) is 0 Å². The van der Waals surface area contributed by atoms with Gasteiger partial charge in [0.15, 0.2) is 0 Å². The summed E-state index contributed by atoms with van der Waals surface area (Å²) in [6, 6.07) is 1.98. The average Bonchev–Trinajstić information content (AvgIpc) is 2.71. The normalized spacial score (nSPS) is 24.0. The molecular weight excluding hydrogens is 210 g/mol. The summed E-state index contributed by atoms with van der Waals surface area (Å²) in [5.41, 5.74) is 2.46. The molecule has 0 spiro atoms. The maximum Gasteiger partial charge on any atom is 0.110 e. The van der Waals surface area contributed by atoms with Crippen LogP contribution in [0.25, 0.3) is 11.0 Å². The number of imidazole rings is 1. The van der Waals surface area contributed by atoms with E-state index in [1.165, 1.54) is 25.7 Å². The monoisotopic (exact) mass is 229 g/mol. The molecule has 0 aromatic carbocycles. The van der Waals surface area contributed by atoms with Gasteiger partial charge in [0, 0.05) is 12.1 Å². The molecule has 1 saturated carbocycles. The lowest BCUT2D eigenvalue weighted by Crippen LogP contribution is -2.26. The Morgan fingerprint density at radius 3 is 3.00 bits per heavy atom. The number of nitrogens with one attached hydrogen (secondary N) is 1. The second-order valence-electron chi connectivity index (χ2n) is 5.80. The van der Waals surface area contributed by atoms with Crippen molar-refractivity contribution in [2.75, 3.05) is 0 Å². The van der Waals surface area contributed by atoms with Crippen molar-refractivity contribution < 1.29 is 0 Å². The van der Waals surface area contributed by atoms with E-state index in [-0.39, 0.29) is 0 Å². The van der Waals surface area contributed by atoms with Gasteiger partial charge in [-0.15, -0.1) is 0 Å². The molecule has 0 amide bonds. The predicted octanol–water partition coefficient (Wildman–Crippen LogP) is 3.64. The first-order valence-corrected chi connectivity index (χ1v) is 6.46. The lowest BCUT2D eigenvalue weighted by Gasteiger charge is -2.37. The maximum absolute atomic E-state index is 4.74. The number of H-pyrrole nitrogens is 1. The molecule has 0 saturated heterocycles. The van der Waals surface area contributed by atoms with Crippen molar-refractivity contribution in [3.8, 4) is 0 Å². The lowest BCUT2D eigenvalue weighted by molar-refractivity contribution is 0.193. The topological polar surface area (TPSA) is 41.6 Å². The summed E-state index contributed by atoms with van der Waals surface area (Å²) >= 11 is 0. The fourth-order valence-corrected chi connectivity index (χ4v) is 3.04. The number of fused-ring (bicyclic) bond motifs is 1. The standard InChI is InChI=1S/C14H19N3/c1-14(2)7-4-3-5-10(14)13-16-11-6-8-15-9-12(11)17-13/h6,8-10H,3-5,7H2,1-2H3,(H,16,17). The van der Waals surface area contributed by atoms with E-state index in [1.54, 1.807) is 6.20 Å². The lowest BCUT2D eigenvalue weighted by atomic mass is 9.68. The quantitative estimate of drug-likeness (QED) is 0.811. The Kier molecular flexibility index (Phi) is 2.42. The van der Waals surface area contributed by atoms with Gasteiger partial charge in [-0.05, 0) is 24.3 Å². The summed E-state index contributed by atoms with van der Waals surface area (Å²) in [4.78, 5) is 12.3. The summed E-state index contributed by atoms with van der Waals surface area (Å²) < 4.78 is 0. The molecule has 2 aromatic heterocycles. The highest BCUT2D eigenvalue weighted by atomic mass is 14.9. The van der Waals surface area contributed by atoms with Gasteiger partial charge in [-0.3, -0.25) is 4.98 Å². The first-order chi connectivity index (χ1) is 8.17. The molecule has 0 bridgehead atoms. The van der Waals surface area contributed by atoms with Gasteiger partial charge in [0.2, 0.25) is 0 Å². The van der Waals surface area contributed by atoms with Crippen LogP contribution in [0.2, 0.25) is 0 Å². The largest absolute Gasteiger partial charge is 0.340 e. The van der Waals surface area contributed by atoms with Crippen LogP contribution >= 0.6 is 0 Å². The van der Waals surface area contributed by atoms with Gasteiger partial charge in [-0.25, -0.2) is 4.98 Å². The molecule has 1 aliphatic rings. The zero-order chi connectivity index (χ0) is 11.9. The SMILES string of the molecule is CC1(C)CCCCC1c1nc2ccncc2[nH]1. The minimum Gasteiger partial charge on any atom is -0.340 e. The molecule has 3 heteroatoms. The Hall–Kier alpha value is -1.38. The molecule has 2 heterocycles. The number of nitrogens with zero attached hydrogens (tertiary/aromatic N) is 2. The Labute approximate surface area is 102 Å². The van der Waals surface area contributed by atoms with E-state index in [0.717, 1.165) is 16.9 Å². The van der Waals surface area contributed by atoms with Crippen LogP contribution < -0.4 is 0 Å². The second kappa shape index (κ2) is 3.83. The zero-order valence-corrected chi connectivity index (χ0v) is 10.5.